The van der Waals surface area contributed by atoms with Gasteiger partial charge in [0.1, 0.15) is 6.29 Å². The predicted molar refractivity (Wildman–Crippen MR) is 151 cm³/mol. The molecule has 0 aromatic heterocycles. The molecule has 1 saturated carbocycles. The highest BCUT2D eigenvalue weighted by Gasteiger charge is 2.62. The number of nitrogens with one attached hydrogen (secondary N) is 1. The van der Waals surface area contributed by atoms with Gasteiger partial charge in [0.25, 0.3) is 0 Å². The standard InChI is InChI=1S/C12H21NO.C7H12F2O.C5H9N.C4H7NO.C2H4O/c1-4-5-6-11(14)13-7-9-10(8-13)12(9,2)3;1-4-5(2)6(10)7(3,8)9;1-3-5(2)4-6;6-4-2-1-3-5-4;1-2-3/h9-10H,4-8H2,1-3H3;5H,4H2,1-3H3;5H,3H2,1-2H3;1-3H2,(H,5,6);2H,1H3. The molecular formula is C30H53F2N3O4. The molecule has 0 aromatic rings. The minimum absolute atomic E-state index is 0.204. The zero-order chi connectivity index (χ0) is 30.8. The van der Waals surface area contributed by atoms with E-state index in [4.69, 9.17) is 10.1 Å². The van der Waals surface area contributed by atoms with Crippen LogP contribution in [0, 0.1) is 40.4 Å². The second-order valence-corrected chi connectivity index (χ2v) is 11.1. The fourth-order valence-corrected chi connectivity index (χ4v) is 4.10. The van der Waals surface area contributed by atoms with Crippen LogP contribution in [0.1, 0.15) is 107 Å². The van der Waals surface area contributed by atoms with E-state index in [1.807, 2.05) is 13.8 Å². The summed E-state index contributed by atoms with van der Waals surface area (Å²) >= 11 is 0. The van der Waals surface area contributed by atoms with Gasteiger partial charge in [0.15, 0.2) is 0 Å². The van der Waals surface area contributed by atoms with Crippen molar-refractivity contribution in [3.05, 3.63) is 0 Å². The van der Waals surface area contributed by atoms with Gasteiger partial charge in [-0.2, -0.15) is 14.0 Å². The molecule has 1 aliphatic carbocycles. The Balaban J connectivity index is 0. The normalized spacial score (nSPS) is 21.2. The summed E-state index contributed by atoms with van der Waals surface area (Å²) in [7, 11) is 0. The summed E-state index contributed by atoms with van der Waals surface area (Å²) in [4.78, 5) is 43.4. The van der Waals surface area contributed by atoms with Crippen molar-refractivity contribution in [3.8, 4) is 6.07 Å². The largest absolute Gasteiger partial charge is 0.356 e. The van der Waals surface area contributed by atoms with E-state index in [-0.39, 0.29) is 11.8 Å². The quantitative estimate of drug-likeness (QED) is 0.375. The molecule has 0 bridgehead atoms. The molecule has 0 radical (unpaired) electrons. The molecule has 0 aromatic carbocycles. The monoisotopic (exact) mass is 557 g/mol. The molecular weight excluding hydrogens is 504 g/mol. The Labute approximate surface area is 235 Å². The minimum Gasteiger partial charge on any atom is -0.356 e. The van der Waals surface area contributed by atoms with E-state index in [0.717, 1.165) is 76.3 Å². The van der Waals surface area contributed by atoms with E-state index in [9.17, 15) is 23.2 Å². The number of carbonyl (C=O) groups is 4. The van der Waals surface area contributed by atoms with Crippen LogP contribution in [0.2, 0.25) is 0 Å². The summed E-state index contributed by atoms with van der Waals surface area (Å²) in [5, 5.41) is 10.8. The summed E-state index contributed by atoms with van der Waals surface area (Å²) < 4.78 is 24.4. The molecule has 3 aliphatic rings. The third-order valence-corrected chi connectivity index (χ3v) is 7.45. The number of ketones is 1. The van der Waals surface area contributed by atoms with Gasteiger partial charge < -0.3 is 15.0 Å². The lowest BCUT2D eigenvalue weighted by Gasteiger charge is -2.21. The van der Waals surface area contributed by atoms with Crippen LogP contribution < -0.4 is 5.32 Å². The molecule has 2 aliphatic heterocycles. The molecule has 4 atom stereocenters. The van der Waals surface area contributed by atoms with E-state index in [0.29, 0.717) is 24.7 Å². The molecule has 9 heteroatoms. The fraction of sp³-hybridized carbons (Fsp3) is 0.833. The summed E-state index contributed by atoms with van der Waals surface area (Å²) in [6, 6.07) is 2.11. The molecule has 226 valence electrons. The highest BCUT2D eigenvalue weighted by molar-refractivity contribution is 5.87. The van der Waals surface area contributed by atoms with Gasteiger partial charge in [-0.15, -0.1) is 0 Å². The maximum Gasteiger partial charge on any atom is 0.302 e. The van der Waals surface area contributed by atoms with Gasteiger partial charge in [0, 0.05) is 51.2 Å². The number of hydrogen-bond donors (Lipinski definition) is 1. The number of nitrogens with zero attached hydrogens (tertiary/aromatic N) is 2. The van der Waals surface area contributed by atoms with Crippen LogP contribution in [0.15, 0.2) is 0 Å². The molecule has 0 spiro atoms. The van der Waals surface area contributed by atoms with Gasteiger partial charge in [0.2, 0.25) is 17.6 Å². The lowest BCUT2D eigenvalue weighted by atomic mass is 10.00. The van der Waals surface area contributed by atoms with Crippen LogP contribution >= 0.6 is 0 Å². The van der Waals surface area contributed by atoms with E-state index in [1.54, 1.807) is 6.92 Å². The van der Waals surface area contributed by atoms with Crippen LogP contribution in [0.3, 0.4) is 0 Å². The third kappa shape index (κ3) is 15.7. The number of carbonyl (C=O) groups excluding carboxylic acids is 4. The SMILES string of the molecule is CC=O.CCC(C)C#N.CCC(C)C(=O)C(C)(F)F.CCCCC(=O)N1CC2C(C1)C2(C)C.O=C1CCCN1. The van der Waals surface area contributed by atoms with Gasteiger partial charge in [-0.1, -0.05) is 48.0 Å². The predicted octanol–water partition coefficient (Wildman–Crippen LogP) is 6.21. The van der Waals surface area contributed by atoms with Crippen LogP contribution in [-0.2, 0) is 19.2 Å². The summed E-state index contributed by atoms with van der Waals surface area (Å²) in [5.41, 5.74) is 0.529. The average Bonchev–Trinajstić information content (AvgIpc) is 3.35. The number of hydrogen-bond acceptors (Lipinski definition) is 5. The highest BCUT2D eigenvalue weighted by Crippen LogP contribution is 2.61. The summed E-state index contributed by atoms with van der Waals surface area (Å²) in [6.45, 7) is 19.0. The number of alkyl halides is 2. The Morgan fingerprint density at radius 3 is 1.92 bits per heavy atom. The molecule has 39 heavy (non-hydrogen) atoms. The van der Waals surface area contributed by atoms with Crippen molar-refractivity contribution >= 4 is 23.9 Å². The molecule has 2 heterocycles. The number of halogens is 2. The number of nitriles is 1. The number of amides is 2. The van der Waals surface area contributed by atoms with E-state index >= 15 is 0 Å². The van der Waals surface area contributed by atoms with Gasteiger partial charge in [-0.3, -0.25) is 14.4 Å². The maximum absolute atomic E-state index is 12.2. The second-order valence-electron chi connectivity index (χ2n) is 11.1. The van der Waals surface area contributed by atoms with Crippen molar-refractivity contribution in [3.63, 3.8) is 0 Å². The van der Waals surface area contributed by atoms with Gasteiger partial charge in [0.05, 0.1) is 6.07 Å². The van der Waals surface area contributed by atoms with E-state index in [2.05, 4.69) is 37.1 Å². The molecule has 3 rings (SSSR count). The first-order valence-corrected chi connectivity index (χ1v) is 14.3. The van der Waals surface area contributed by atoms with Crippen LogP contribution in [-0.4, -0.2) is 54.3 Å². The van der Waals surface area contributed by atoms with Crippen LogP contribution in [0.25, 0.3) is 0 Å². The van der Waals surface area contributed by atoms with Gasteiger partial charge >= 0.3 is 5.92 Å². The zero-order valence-electron chi connectivity index (χ0n) is 25.7. The van der Waals surface area contributed by atoms with E-state index in [1.165, 1.54) is 13.8 Å². The highest BCUT2D eigenvalue weighted by atomic mass is 19.3. The van der Waals surface area contributed by atoms with Crippen LogP contribution in [0.5, 0.6) is 0 Å². The lowest BCUT2D eigenvalue weighted by molar-refractivity contribution is -0.144. The number of likely N-dealkylation sites (tertiary alicyclic amines) is 1. The Morgan fingerprint density at radius 2 is 1.69 bits per heavy atom. The van der Waals surface area contributed by atoms with Gasteiger partial charge in [-0.05, 0) is 56.8 Å². The van der Waals surface area contributed by atoms with Crippen molar-refractivity contribution in [1.82, 2.24) is 10.2 Å². The maximum atomic E-state index is 12.2. The van der Waals surface area contributed by atoms with Crippen molar-refractivity contribution < 1.29 is 28.0 Å². The smallest absolute Gasteiger partial charge is 0.302 e. The second kappa shape index (κ2) is 19.7. The third-order valence-electron chi connectivity index (χ3n) is 7.45. The molecule has 3 fully saturated rings. The first-order valence-electron chi connectivity index (χ1n) is 14.3. The Morgan fingerprint density at radius 1 is 1.18 bits per heavy atom. The topological polar surface area (TPSA) is 107 Å². The Kier molecular flexibility index (Phi) is 19.5. The van der Waals surface area contributed by atoms with Crippen molar-refractivity contribution in [1.29, 1.82) is 5.26 Å². The molecule has 2 amide bonds. The average molecular weight is 558 g/mol. The number of Topliss-reactive ketones (excluding diaryl/α,β-unsaturated/α-hetero) is 1. The van der Waals surface area contributed by atoms with Crippen molar-refractivity contribution in [2.24, 2.45) is 29.1 Å². The summed E-state index contributed by atoms with van der Waals surface area (Å²) in [5.74, 6) is -2.22. The first kappa shape index (κ1) is 38.8. The number of unbranched alkanes of at least 4 members (excludes halogenated alkanes) is 1. The van der Waals surface area contributed by atoms with Crippen molar-refractivity contribution in [2.45, 2.75) is 113 Å². The molecule has 4 unspecified atom stereocenters. The van der Waals surface area contributed by atoms with E-state index < -0.39 is 17.6 Å². The summed E-state index contributed by atoms with van der Waals surface area (Å²) in [6.07, 6.45) is 6.89. The van der Waals surface area contributed by atoms with Crippen LogP contribution in [0.4, 0.5) is 8.78 Å². The van der Waals surface area contributed by atoms with Gasteiger partial charge in [-0.25, -0.2) is 0 Å². The molecule has 2 saturated heterocycles. The Hall–Kier alpha value is -2.37. The molecule has 7 nitrogen and oxygen atoms in total. The van der Waals surface area contributed by atoms with Crippen molar-refractivity contribution in [2.75, 3.05) is 19.6 Å². The first-order chi connectivity index (χ1) is 18.1. The minimum atomic E-state index is -3.16. The number of aldehydes is 1. The molecule has 1 N–H and O–H groups in total. The fourth-order valence-electron chi connectivity index (χ4n) is 4.10. The number of piperidine rings is 1. The zero-order valence-corrected chi connectivity index (χ0v) is 25.7. The number of rotatable bonds is 7. The number of fused-ring (bicyclic) bond motifs is 1. The Bertz CT molecular complexity index is 768. The lowest BCUT2D eigenvalue weighted by Crippen LogP contribution is -2.32.